The third-order valence-electron chi connectivity index (χ3n) is 5.49. The lowest BCUT2D eigenvalue weighted by atomic mass is 10.1. The number of H-pyrrole nitrogens is 1. The van der Waals surface area contributed by atoms with E-state index in [-0.39, 0.29) is 12.3 Å². The number of aromatic amines is 1. The first-order chi connectivity index (χ1) is 17.5. The first-order valence-corrected chi connectivity index (χ1v) is 11.3. The number of aryl methyl sites for hydroxylation is 1. The number of halogens is 2. The first-order valence-electron chi connectivity index (χ1n) is 11.3. The Morgan fingerprint density at radius 3 is 2.44 bits per heavy atom. The zero-order chi connectivity index (χ0) is 24.9. The summed E-state index contributed by atoms with van der Waals surface area (Å²) in [5.74, 6) is 0.644. The maximum Gasteiger partial charge on any atom is 0.212 e. The molecule has 1 N–H and O–H groups in total. The van der Waals surface area contributed by atoms with Crippen LogP contribution in [0.2, 0.25) is 0 Å². The number of nitrogens with zero attached hydrogens (tertiary/aromatic N) is 3. The van der Waals surface area contributed by atoms with Crippen molar-refractivity contribution in [2.75, 3.05) is 0 Å². The number of rotatable bonds is 8. The SMILES string of the molecule is Cc1cnc(COc2ccc(-c3cnc(-c4ccc(F)nc4)[nH]3)c(OCc3ccccc3)c2)c(F)c1. The summed E-state index contributed by atoms with van der Waals surface area (Å²) in [4.78, 5) is 15.5. The summed E-state index contributed by atoms with van der Waals surface area (Å²) in [6.07, 6.45) is 4.70. The van der Waals surface area contributed by atoms with Crippen molar-refractivity contribution in [3.63, 3.8) is 0 Å². The van der Waals surface area contributed by atoms with Gasteiger partial charge in [-0.1, -0.05) is 30.3 Å². The highest BCUT2D eigenvalue weighted by Gasteiger charge is 2.14. The Kier molecular flexibility index (Phi) is 6.66. The average molecular weight is 485 g/mol. The molecule has 5 rings (SSSR count). The highest BCUT2D eigenvalue weighted by Crippen LogP contribution is 2.34. The number of hydrogen-bond donors (Lipinski definition) is 1. The quantitative estimate of drug-likeness (QED) is 0.263. The van der Waals surface area contributed by atoms with Gasteiger partial charge in [0, 0.05) is 29.6 Å². The van der Waals surface area contributed by atoms with Crippen molar-refractivity contribution >= 4 is 0 Å². The fraction of sp³-hybridized carbons (Fsp3) is 0.107. The molecule has 0 spiro atoms. The molecule has 0 aliphatic carbocycles. The van der Waals surface area contributed by atoms with Gasteiger partial charge in [-0.2, -0.15) is 4.39 Å². The average Bonchev–Trinajstić information content (AvgIpc) is 3.38. The van der Waals surface area contributed by atoms with Gasteiger partial charge in [0.2, 0.25) is 5.95 Å². The zero-order valence-electron chi connectivity index (χ0n) is 19.4. The standard InChI is InChI=1S/C28H22F2N4O2/c1-18-11-23(29)25(31-13-18)17-35-21-8-9-22(26(12-21)36-16-19-5-3-2-4-6-19)24-15-33-28(34-24)20-7-10-27(30)32-14-20/h2-15H,16-17H2,1H3,(H,33,34). The Morgan fingerprint density at radius 1 is 0.806 bits per heavy atom. The monoisotopic (exact) mass is 484 g/mol. The van der Waals surface area contributed by atoms with Crippen LogP contribution in [0.4, 0.5) is 8.78 Å². The molecule has 180 valence electrons. The maximum atomic E-state index is 14.2. The summed E-state index contributed by atoms with van der Waals surface area (Å²) in [5.41, 5.74) is 4.09. The highest BCUT2D eigenvalue weighted by atomic mass is 19.1. The minimum atomic E-state index is -0.557. The molecule has 0 radical (unpaired) electrons. The van der Waals surface area contributed by atoms with E-state index in [1.165, 1.54) is 18.3 Å². The lowest BCUT2D eigenvalue weighted by Crippen LogP contribution is -2.03. The summed E-state index contributed by atoms with van der Waals surface area (Å²) in [6, 6.07) is 19.5. The van der Waals surface area contributed by atoms with Crippen molar-refractivity contribution in [3.05, 3.63) is 114 Å². The summed E-state index contributed by atoms with van der Waals surface area (Å²) >= 11 is 0. The summed E-state index contributed by atoms with van der Waals surface area (Å²) in [6.45, 7) is 2.10. The van der Waals surface area contributed by atoms with E-state index in [2.05, 4.69) is 19.9 Å². The fourth-order valence-electron chi connectivity index (χ4n) is 3.61. The number of imidazole rings is 1. The van der Waals surface area contributed by atoms with Gasteiger partial charge >= 0.3 is 0 Å². The lowest BCUT2D eigenvalue weighted by molar-refractivity contribution is 0.284. The summed E-state index contributed by atoms with van der Waals surface area (Å²) in [7, 11) is 0. The third-order valence-corrected chi connectivity index (χ3v) is 5.49. The summed E-state index contributed by atoms with van der Waals surface area (Å²) in [5, 5.41) is 0. The molecule has 36 heavy (non-hydrogen) atoms. The topological polar surface area (TPSA) is 72.9 Å². The van der Waals surface area contributed by atoms with Crippen LogP contribution in [-0.2, 0) is 13.2 Å². The fourth-order valence-corrected chi connectivity index (χ4v) is 3.61. The van der Waals surface area contributed by atoms with Crippen LogP contribution < -0.4 is 9.47 Å². The zero-order valence-corrected chi connectivity index (χ0v) is 19.4. The number of aromatic nitrogens is 4. The molecule has 0 aliphatic heterocycles. The minimum Gasteiger partial charge on any atom is -0.488 e. The van der Waals surface area contributed by atoms with Gasteiger partial charge in [-0.3, -0.25) is 4.98 Å². The number of ether oxygens (including phenoxy) is 2. The molecule has 3 heterocycles. The molecular weight excluding hydrogens is 462 g/mol. The van der Waals surface area contributed by atoms with Crippen molar-refractivity contribution in [1.82, 2.24) is 19.9 Å². The van der Waals surface area contributed by atoms with Gasteiger partial charge in [-0.25, -0.2) is 14.4 Å². The molecule has 8 heteroatoms. The second-order valence-corrected chi connectivity index (χ2v) is 8.18. The first kappa shape index (κ1) is 23.2. The van der Waals surface area contributed by atoms with Crippen LogP contribution >= 0.6 is 0 Å². The molecule has 0 saturated heterocycles. The molecule has 2 aromatic carbocycles. The molecule has 0 atom stereocenters. The Balaban J connectivity index is 1.42. The van der Waals surface area contributed by atoms with Crippen molar-refractivity contribution in [3.8, 4) is 34.1 Å². The van der Waals surface area contributed by atoms with E-state index in [9.17, 15) is 8.78 Å². The van der Waals surface area contributed by atoms with E-state index in [4.69, 9.17) is 9.47 Å². The van der Waals surface area contributed by atoms with Crippen LogP contribution in [0.15, 0.2) is 85.3 Å². The van der Waals surface area contributed by atoms with E-state index in [0.29, 0.717) is 35.2 Å². The minimum absolute atomic E-state index is 0.0185. The van der Waals surface area contributed by atoms with Crippen molar-refractivity contribution in [1.29, 1.82) is 0 Å². The molecule has 6 nitrogen and oxygen atoms in total. The predicted molar refractivity (Wildman–Crippen MR) is 131 cm³/mol. The maximum absolute atomic E-state index is 14.2. The van der Waals surface area contributed by atoms with Gasteiger partial charge in [-0.05, 0) is 48.4 Å². The highest BCUT2D eigenvalue weighted by molar-refractivity contribution is 5.70. The van der Waals surface area contributed by atoms with Crippen LogP contribution in [0.1, 0.15) is 16.8 Å². The Morgan fingerprint density at radius 2 is 1.67 bits per heavy atom. The van der Waals surface area contributed by atoms with Crippen LogP contribution in [0, 0.1) is 18.7 Å². The second-order valence-electron chi connectivity index (χ2n) is 8.18. The Bertz CT molecular complexity index is 1470. The number of pyridine rings is 2. The molecule has 5 aromatic rings. The van der Waals surface area contributed by atoms with Crippen molar-refractivity contribution < 1.29 is 18.3 Å². The van der Waals surface area contributed by atoms with Gasteiger partial charge in [0.05, 0.1) is 11.9 Å². The molecule has 3 aromatic heterocycles. The van der Waals surface area contributed by atoms with Crippen molar-refractivity contribution in [2.24, 2.45) is 0 Å². The molecule has 0 saturated carbocycles. The summed E-state index contributed by atoms with van der Waals surface area (Å²) < 4.78 is 39.4. The third kappa shape index (κ3) is 5.38. The van der Waals surface area contributed by atoms with E-state index < -0.39 is 11.8 Å². The van der Waals surface area contributed by atoms with Gasteiger partial charge in [-0.15, -0.1) is 0 Å². The Hall–Kier alpha value is -4.59. The van der Waals surface area contributed by atoms with Crippen LogP contribution in [0.25, 0.3) is 22.6 Å². The molecule has 0 unspecified atom stereocenters. The number of nitrogens with one attached hydrogen (secondary N) is 1. The molecule has 0 bridgehead atoms. The van der Waals surface area contributed by atoms with Gasteiger partial charge in [0.1, 0.15) is 42.0 Å². The van der Waals surface area contributed by atoms with Gasteiger partial charge in [0.15, 0.2) is 0 Å². The lowest BCUT2D eigenvalue weighted by Gasteiger charge is -2.14. The second kappa shape index (κ2) is 10.4. The largest absolute Gasteiger partial charge is 0.488 e. The van der Waals surface area contributed by atoms with Gasteiger partial charge in [0.25, 0.3) is 0 Å². The predicted octanol–water partition coefficient (Wildman–Crippen LogP) is 6.28. The smallest absolute Gasteiger partial charge is 0.212 e. The van der Waals surface area contributed by atoms with E-state index in [1.54, 1.807) is 37.5 Å². The van der Waals surface area contributed by atoms with E-state index in [1.807, 2.05) is 36.4 Å². The number of benzene rings is 2. The molecule has 0 fully saturated rings. The van der Waals surface area contributed by atoms with Crippen LogP contribution in [0.3, 0.4) is 0 Å². The van der Waals surface area contributed by atoms with Crippen LogP contribution in [0.5, 0.6) is 11.5 Å². The van der Waals surface area contributed by atoms with Crippen LogP contribution in [-0.4, -0.2) is 19.9 Å². The van der Waals surface area contributed by atoms with Crippen molar-refractivity contribution in [2.45, 2.75) is 20.1 Å². The Labute approximate surface area is 206 Å². The molecular formula is C28H22F2N4O2. The molecule has 0 amide bonds. The normalized spacial score (nSPS) is 10.9. The molecule has 0 aliphatic rings. The van der Waals surface area contributed by atoms with E-state index >= 15 is 0 Å². The van der Waals surface area contributed by atoms with Gasteiger partial charge < -0.3 is 14.5 Å². The number of hydrogen-bond acceptors (Lipinski definition) is 5. The van der Waals surface area contributed by atoms with E-state index in [0.717, 1.165) is 16.7 Å².